The highest BCUT2D eigenvalue weighted by Crippen LogP contribution is 2.20. The van der Waals surface area contributed by atoms with E-state index in [0.717, 1.165) is 5.69 Å². The number of H-pyrrole nitrogens is 1. The van der Waals surface area contributed by atoms with Crippen LogP contribution in [0.4, 0.5) is 5.69 Å². The fraction of sp³-hybridized carbons (Fsp3) is 0.385. The number of anilines is 1. The molecule has 0 spiro atoms. The van der Waals surface area contributed by atoms with Gasteiger partial charge in [0.1, 0.15) is 0 Å². The van der Waals surface area contributed by atoms with E-state index in [1.165, 1.54) is 0 Å². The first-order valence-corrected chi connectivity index (χ1v) is 6.01. The molecule has 0 radical (unpaired) electrons. The van der Waals surface area contributed by atoms with Crippen molar-refractivity contribution < 1.29 is 14.3 Å². The highest BCUT2D eigenvalue weighted by molar-refractivity contribution is 5.77. The number of benzene rings is 1. The minimum atomic E-state index is -0.796. The quantitative estimate of drug-likeness (QED) is 0.857. The molecule has 0 aliphatic rings. The smallest absolute Gasteiger partial charge is 0.417 e. The van der Waals surface area contributed by atoms with Gasteiger partial charge in [0.15, 0.2) is 5.58 Å². The highest BCUT2D eigenvalue weighted by Gasteiger charge is 2.12. The number of oxazole rings is 1. The monoisotopic (exact) mass is 264 g/mol. The Balaban J connectivity index is 2.14. The molecule has 0 aliphatic heterocycles. The predicted molar refractivity (Wildman–Crippen MR) is 71.5 cm³/mol. The first-order valence-electron chi connectivity index (χ1n) is 6.01. The number of carboxylic acid groups (broad SMARTS) is 1. The van der Waals surface area contributed by atoms with Crippen LogP contribution in [0.2, 0.25) is 0 Å². The van der Waals surface area contributed by atoms with Gasteiger partial charge in [0, 0.05) is 25.7 Å². The number of nitrogens with zero attached hydrogens (tertiary/aromatic N) is 1. The van der Waals surface area contributed by atoms with Crippen LogP contribution in [-0.2, 0) is 4.79 Å². The number of rotatable bonds is 5. The largest absolute Gasteiger partial charge is 0.481 e. The summed E-state index contributed by atoms with van der Waals surface area (Å²) in [4.78, 5) is 26.3. The van der Waals surface area contributed by atoms with E-state index in [-0.39, 0.29) is 12.3 Å². The van der Waals surface area contributed by atoms with E-state index in [1.54, 1.807) is 6.07 Å². The van der Waals surface area contributed by atoms with Gasteiger partial charge in [-0.15, -0.1) is 0 Å². The van der Waals surface area contributed by atoms with E-state index < -0.39 is 11.7 Å². The van der Waals surface area contributed by atoms with Crippen molar-refractivity contribution in [3.8, 4) is 0 Å². The van der Waals surface area contributed by atoms with Crippen molar-refractivity contribution in [2.45, 2.75) is 13.3 Å². The van der Waals surface area contributed by atoms with Gasteiger partial charge in [0.2, 0.25) is 0 Å². The number of aromatic nitrogens is 1. The molecule has 2 aromatic rings. The van der Waals surface area contributed by atoms with Crippen molar-refractivity contribution >= 4 is 22.8 Å². The first-order chi connectivity index (χ1) is 8.95. The number of aliphatic carboxylic acids is 1. The molecule has 0 amide bonds. The Hall–Kier alpha value is -2.24. The molecule has 1 atom stereocenters. The molecule has 102 valence electrons. The van der Waals surface area contributed by atoms with Crippen LogP contribution in [0, 0.1) is 5.92 Å². The number of carbonyl (C=O) groups is 1. The normalized spacial score (nSPS) is 12.5. The molecule has 1 aromatic heterocycles. The summed E-state index contributed by atoms with van der Waals surface area (Å²) in [6.07, 6.45) is 0.134. The Morgan fingerprint density at radius 1 is 1.53 bits per heavy atom. The van der Waals surface area contributed by atoms with E-state index in [9.17, 15) is 9.59 Å². The Kier molecular flexibility index (Phi) is 3.59. The molecule has 1 aromatic carbocycles. The third kappa shape index (κ3) is 3.15. The average molecular weight is 264 g/mol. The molecule has 0 bridgehead atoms. The standard InChI is InChI=1S/C13H16N2O4/c1-8(5-12(16)17)7-15(2)9-3-4-11-10(6-9)14-13(18)19-11/h3-4,6,8H,5,7H2,1-2H3,(H,14,18)(H,16,17). The van der Waals surface area contributed by atoms with Gasteiger partial charge in [0.05, 0.1) is 5.52 Å². The Labute approximate surface area is 109 Å². The third-order valence-electron chi connectivity index (χ3n) is 2.95. The molecule has 0 fully saturated rings. The highest BCUT2D eigenvalue weighted by atomic mass is 16.4. The fourth-order valence-electron chi connectivity index (χ4n) is 2.11. The van der Waals surface area contributed by atoms with Crippen LogP contribution in [0.25, 0.3) is 11.1 Å². The lowest BCUT2D eigenvalue weighted by molar-refractivity contribution is -0.137. The summed E-state index contributed by atoms with van der Waals surface area (Å²) in [5.74, 6) is -1.23. The summed E-state index contributed by atoms with van der Waals surface area (Å²) in [6, 6.07) is 5.38. The Bertz CT molecular complexity index is 643. The minimum Gasteiger partial charge on any atom is -0.481 e. The SMILES string of the molecule is CC(CC(=O)O)CN(C)c1ccc2oc(=O)[nH]c2c1. The summed E-state index contributed by atoms with van der Waals surface area (Å²) in [6.45, 7) is 2.52. The number of carboxylic acids is 1. The number of aromatic amines is 1. The Morgan fingerprint density at radius 3 is 2.95 bits per heavy atom. The summed E-state index contributed by atoms with van der Waals surface area (Å²) in [5.41, 5.74) is 2.06. The van der Waals surface area contributed by atoms with Crippen molar-refractivity contribution in [3.63, 3.8) is 0 Å². The van der Waals surface area contributed by atoms with Crippen molar-refractivity contribution in [3.05, 3.63) is 28.7 Å². The lowest BCUT2D eigenvalue weighted by atomic mass is 10.1. The summed E-state index contributed by atoms with van der Waals surface area (Å²) >= 11 is 0. The maximum Gasteiger partial charge on any atom is 0.417 e. The van der Waals surface area contributed by atoms with Gasteiger partial charge in [-0.3, -0.25) is 9.78 Å². The minimum absolute atomic E-state index is 0.0431. The second-order valence-corrected chi connectivity index (χ2v) is 4.78. The van der Waals surface area contributed by atoms with Crippen molar-refractivity contribution in [1.29, 1.82) is 0 Å². The maximum atomic E-state index is 11.1. The molecular formula is C13H16N2O4. The first kappa shape index (κ1) is 13.2. The molecule has 6 nitrogen and oxygen atoms in total. The van der Waals surface area contributed by atoms with Gasteiger partial charge in [-0.05, 0) is 24.1 Å². The van der Waals surface area contributed by atoms with Crippen LogP contribution >= 0.6 is 0 Å². The molecule has 2 rings (SSSR count). The molecule has 6 heteroatoms. The molecule has 0 saturated carbocycles. The molecule has 1 heterocycles. The number of nitrogens with one attached hydrogen (secondary N) is 1. The van der Waals surface area contributed by atoms with E-state index in [1.807, 2.05) is 31.0 Å². The fourth-order valence-corrected chi connectivity index (χ4v) is 2.11. The topological polar surface area (TPSA) is 86.5 Å². The van der Waals surface area contributed by atoms with Crippen LogP contribution in [0.15, 0.2) is 27.4 Å². The summed E-state index contributed by atoms with van der Waals surface area (Å²) < 4.78 is 4.93. The van der Waals surface area contributed by atoms with Crippen LogP contribution in [0.1, 0.15) is 13.3 Å². The van der Waals surface area contributed by atoms with E-state index >= 15 is 0 Å². The lowest BCUT2D eigenvalue weighted by Gasteiger charge is -2.22. The van der Waals surface area contributed by atoms with Crippen molar-refractivity contribution in [2.24, 2.45) is 5.92 Å². The van der Waals surface area contributed by atoms with E-state index in [0.29, 0.717) is 17.6 Å². The second kappa shape index (κ2) is 5.17. The van der Waals surface area contributed by atoms with Crippen molar-refractivity contribution in [1.82, 2.24) is 4.98 Å². The molecular weight excluding hydrogens is 248 g/mol. The zero-order valence-electron chi connectivity index (χ0n) is 10.8. The summed E-state index contributed by atoms with van der Waals surface area (Å²) in [7, 11) is 1.89. The van der Waals surface area contributed by atoms with Gasteiger partial charge >= 0.3 is 11.7 Å². The number of hydrogen-bond acceptors (Lipinski definition) is 4. The number of hydrogen-bond donors (Lipinski definition) is 2. The zero-order chi connectivity index (χ0) is 14.0. The van der Waals surface area contributed by atoms with Crippen LogP contribution in [0.5, 0.6) is 0 Å². The molecule has 19 heavy (non-hydrogen) atoms. The summed E-state index contributed by atoms with van der Waals surface area (Å²) in [5, 5.41) is 8.74. The van der Waals surface area contributed by atoms with Crippen LogP contribution in [0.3, 0.4) is 0 Å². The number of fused-ring (bicyclic) bond motifs is 1. The van der Waals surface area contributed by atoms with Gasteiger partial charge in [-0.2, -0.15) is 0 Å². The van der Waals surface area contributed by atoms with Crippen molar-refractivity contribution in [2.75, 3.05) is 18.5 Å². The van der Waals surface area contributed by atoms with Gasteiger partial charge in [-0.1, -0.05) is 6.92 Å². The lowest BCUT2D eigenvalue weighted by Crippen LogP contribution is -2.25. The van der Waals surface area contributed by atoms with Gasteiger partial charge < -0.3 is 14.4 Å². The molecule has 2 N–H and O–H groups in total. The van der Waals surface area contributed by atoms with E-state index in [4.69, 9.17) is 9.52 Å². The maximum absolute atomic E-state index is 11.1. The molecule has 0 saturated heterocycles. The van der Waals surface area contributed by atoms with E-state index in [2.05, 4.69) is 4.98 Å². The zero-order valence-corrected chi connectivity index (χ0v) is 10.8. The van der Waals surface area contributed by atoms with Gasteiger partial charge in [-0.25, -0.2) is 4.79 Å². The third-order valence-corrected chi connectivity index (χ3v) is 2.95. The molecule has 0 aliphatic carbocycles. The van der Waals surface area contributed by atoms with Crippen LogP contribution < -0.4 is 10.7 Å². The van der Waals surface area contributed by atoms with Crippen LogP contribution in [-0.4, -0.2) is 29.7 Å². The average Bonchev–Trinajstić information content (AvgIpc) is 2.66. The molecule has 1 unspecified atom stereocenters. The Morgan fingerprint density at radius 2 is 2.26 bits per heavy atom. The second-order valence-electron chi connectivity index (χ2n) is 4.78. The van der Waals surface area contributed by atoms with Gasteiger partial charge in [0.25, 0.3) is 0 Å². The predicted octanol–water partition coefficient (Wildman–Crippen LogP) is 1.67.